The fourth-order valence-electron chi connectivity index (χ4n) is 1.35. The standard InChI is InChI=1S/C9H7Cl2FO2/c10-5-1-6(8(12)7(11)2-5)9(13)3-14-4-9/h1-2,13H,3-4H2. The number of ether oxygens (including phenoxy) is 1. The molecule has 0 spiro atoms. The first-order valence-corrected chi connectivity index (χ1v) is 4.74. The molecule has 2 nitrogen and oxygen atoms in total. The van der Waals surface area contributed by atoms with E-state index < -0.39 is 11.4 Å². The summed E-state index contributed by atoms with van der Waals surface area (Å²) in [4.78, 5) is 0. The van der Waals surface area contributed by atoms with Crippen molar-refractivity contribution in [3.63, 3.8) is 0 Å². The zero-order chi connectivity index (χ0) is 10.3. The van der Waals surface area contributed by atoms with Gasteiger partial charge in [-0.05, 0) is 12.1 Å². The van der Waals surface area contributed by atoms with Crippen LogP contribution in [0.15, 0.2) is 12.1 Å². The highest BCUT2D eigenvalue weighted by atomic mass is 35.5. The Morgan fingerprint density at radius 3 is 2.50 bits per heavy atom. The van der Waals surface area contributed by atoms with Crippen LogP contribution in [0, 0.1) is 5.82 Å². The summed E-state index contributed by atoms with van der Waals surface area (Å²) in [5.41, 5.74) is -1.18. The topological polar surface area (TPSA) is 29.5 Å². The van der Waals surface area contributed by atoms with Gasteiger partial charge in [-0.2, -0.15) is 0 Å². The molecule has 0 atom stereocenters. The van der Waals surface area contributed by atoms with Gasteiger partial charge in [0.05, 0.1) is 18.2 Å². The molecule has 1 aromatic rings. The van der Waals surface area contributed by atoms with Gasteiger partial charge in [0.15, 0.2) is 0 Å². The van der Waals surface area contributed by atoms with E-state index in [9.17, 15) is 9.50 Å². The molecule has 0 bridgehead atoms. The molecule has 0 aromatic heterocycles. The highest BCUT2D eigenvalue weighted by molar-refractivity contribution is 6.34. The molecule has 0 saturated carbocycles. The van der Waals surface area contributed by atoms with Crippen LogP contribution in [-0.2, 0) is 10.3 Å². The van der Waals surface area contributed by atoms with E-state index in [1.54, 1.807) is 0 Å². The number of hydrogen-bond acceptors (Lipinski definition) is 2. The lowest BCUT2D eigenvalue weighted by Gasteiger charge is -2.37. The molecule has 1 aliphatic heterocycles. The molecular formula is C9H7Cl2FO2. The average Bonchev–Trinajstić information content (AvgIpc) is 2.07. The highest BCUT2D eigenvalue weighted by Gasteiger charge is 2.40. The minimum absolute atomic E-state index is 0.0700. The molecule has 1 aromatic carbocycles. The minimum Gasteiger partial charge on any atom is -0.380 e. The van der Waals surface area contributed by atoms with Crippen molar-refractivity contribution in [2.75, 3.05) is 13.2 Å². The molecule has 5 heteroatoms. The number of halogens is 3. The van der Waals surface area contributed by atoms with E-state index in [0.717, 1.165) is 0 Å². The molecule has 1 fully saturated rings. The van der Waals surface area contributed by atoms with Crippen LogP contribution in [0.25, 0.3) is 0 Å². The Morgan fingerprint density at radius 1 is 1.36 bits per heavy atom. The van der Waals surface area contributed by atoms with Crippen molar-refractivity contribution in [1.29, 1.82) is 0 Å². The predicted molar refractivity (Wildman–Crippen MR) is 51.1 cm³/mol. The fraction of sp³-hybridized carbons (Fsp3) is 0.333. The summed E-state index contributed by atoms with van der Waals surface area (Å²) >= 11 is 11.3. The van der Waals surface area contributed by atoms with Gasteiger partial charge in [0.2, 0.25) is 0 Å². The molecule has 1 saturated heterocycles. The lowest BCUT2D eigenvalue weighted by atomic mass is 9.92. The third-order valence-corrected chi connectivity index (χ3v) is 2.67. The van der Waals surface area contributed by atoms with Gasteiger partial charge in [0.1, 0.15) is 11.4 Å². The van der Waals surface area contributed by atoms with Crippen LogP contribution in [0.2, 0.25) is 10.0 Å². The van der Waals surface area contributed by atoms with Gasteiger partial charge in [0.25, 0.3) is 0 Å². The summed E-state index contributed by atoms with van der Waals surface area (Å²) in [5, 5.41) is 10.0. The minimum atomic E-state index is -1.28. The van der Waals surface area contributed by atoms with Crippen molar-refractivity contribution in [3.05, 3.63) is 33.6 Å². The number of benzene rings is 1. The summed E-state index contributed by atoms with van der Waals surface area (Å²) in [6.07, 6.45) is 0. The van der Waals surface area contributed by atoms with E-state index >= 15 is 0 Å². The smallest absolute Gasteiger partial charge is 0.148 e. The normalized spacial score (nSPS) is 19.1. The predicted octanol–water partition coefficient (Wildman–Crippen LogP) is 2.35. The first-order chi connectivity index (χ1) is 6.53. The van der Waals surface area contributed by atoms with Crippen molar-refractivity contribution in [3.8, 4) is 0 Å². The quantitative estimate of drug-likeness (QED) is 0.759. The zero-order valence-corrected chi connectivity index (χ0v) is 8.57. The van der Waals surface area contributed by atoms with Gasteiger partial charge < -0.3 is 9.84 Å². The van der Waals surface area contributed by atoms with E-state index in [2.05, 4.69) is 0 Å². The van der Waals surface area contributed by atoms with Gasteiger partial charge >= 0.3 is 0 Å². The average molecular weight is 237 g/mol. The lowest BCUT2D eigenvalue weighted by molar-refractivity contribution is -0.186. The Labute approximate surface area is 90.2 Å². The maximum atomic E-state index is 13.5. The molecule has 76 valence electrons. The van der Waals surface area contributed by atoms with E-state index in [0.29, 0.717) is 5.02 Å². The zero-order valence-electron chi connectivity index (χ0n) is 7.06. The van der Waals surface area contributed by atoms with Crippen molar-refractivity contribution in [2.24, 2.45) is 0 Å². The van der Waals surface area contributed by atoms with Gasteiger partial charge in [-0.1, -0.05) is 23.2 Å². The second-order valence-corrected chi connectivity index (χ2v) is 4.12. The van der Waals surface area contributed by atoms with E-state index in [1.165, 1.54) is 12.1 Å². The van der Waals surface area contributed by atoms with Crippen molar-refractivity contribution >= 4 is 23.2 Å². The molecule has 1 heterocycles. The van der Waals surface area contributed by atoms with Gasteiger partial charge in [0, 0.05) is 10.6 Å². The molecule has 14 heavy (non-hydrogen) atoms. The third kappa shape index (κ3) is 1.50. The summed E-state index contributed by atoms with van der Waals surface area (Å²) in [5.74, 6) is -0.637. The molecular weight excluding hydrogens is 230 g/mol. The number of rotatable bonds is 1. The van der Waals surface area contributed by atoms with Crippen molar-refractivity contribution in [1.82, 2.24) is 0 Å². The lowest BCUT2D eigenvalue weighted by Crippen LogP contribution is -2.47. The largest absolute Gasteiger partial charge is 0.380 e. The Kier molecular flexibility index (Phi) is 2.43. The van der Waals surface area contributed by atoms with E-state index in [1.807, 2.05) is 0 Å². The summed E-state index contributed by atoms with van der Waals surface area (Å²) in [6, 6.07) is 2.66. The first kappa shape index (κ1) is 10.2. The number of hydrogen-bond donors (Lipinski definition) is 1. The molecule has 0 radical (unpaired) electrons. The Bertz CT molecular complexity index is 377. The van der Waals surface area contributed by atoms with Crippen molar-refractivity contribution in [2.45, 2.75) is 5.60 Å². The van der Waals surface area contributed by atoms with Crippen LogP contribution >= 0.6 is 23.2 Å². The van der Waals surface area contributed by atoms with E-state index in [4.69, 9.17) is 27.9 Å². The van der Waals surface area contributed by atoms with E-state index in [-0.39, 0.29) is 23.8 Å². The van der Waals surface area contributed by atoms with Crippen LogP contribution < -0.4 is 0 Å². The van der Waals surface area contributed by atoms with Gasteiger partial charge in [-0.3, -0.25) is 0 Å². The van der Waals surface area contributed by atoms with Crippen LogP contribution in [-0.4, -0.2) is 18.3 Å². The van der Waals surface area contributed by atoms with Crippen molar-refractivity contribution < 1.29 is 14.2 Å². The highest BCUT2D eigenvalue weighted by Crippen LogP contribution is 2.35. The Hall–Kier alpha value is -0.350. The molecule has 0 unspecified atom stereocenters. The van der Waals surface area contributed by atoms with Crippen LogP contribution in [0.5, 0.6) is 0 Å². The first-order valence-electron chi connectivity index (χ1n) is 3.98. The second kappa shape index (κ2) is 3.35. The molecule has 2 rings (SSSR count). The van der Waals surface area contributed by atoms with Gasteiger partial charge in [-0.25, -0.2) is 4.39 Å². The monoisotopic (exact) mass is 236 g/mol. The third-order valence-electron chi connectivity index (χ3n) is 2.18. The second-order valence-electron chi connectivity index (χ2n) is 3.27. The summed E-state index contributed by atoms with van der Waals surface area (Å²) in [6.45, 7) is 0.140. The van der Waals surface area contributed by atoms with Crippen LogP contribution in [0.3, 0.4) is 0 Å². The molecule has 0 amide bonds. The molecule has 0 aliphatic carbocycles. The maximum Gasteiger partial charge on any atom is 0.148 e. The molecule has 1 aliphatic rings. The van der Waals surface area contributed by atoms with Crippen LogP contribution in [0.1, 0.15) is 5.56 Å². The van der Waals surface area contributed by atoms with Gasteiger partial charge in [-0.15, -0.1) is 0 Å². The SMILES string of the molecule is OC1(c2cc(Cl)cc(Cl)c2F)COC1. The fourth-order valence-corrected chi connectivity index (χ4v) is 1.84. The maximum absolute atomic E-state index is 13.5. The Balaban J connectivity index is 2.51. The number of aliphatic hydroxyl groups is 1. The molecule has 1 N–H and O–H groups in total. The summed E-state index contributed by atoms with van der Waals surface area (Å²) in [7, 11) is 0. The Morgan fingerprint density at radius 2 is 2.00 bits per heavy atom. The van der Waals surface area contributed by atoms with Crippen LogP contribution in [0.4, 0.5) is 4.39 Å². The summed E-state index contributed by atoms with van der Waals surface area (Å²) < 4.78 is 18.3.